The molecule has 2 aromatic carbocycles. The summed E-state index contributed by atoms with van der Waals surface area (Å²) in [5, 5.41) is 4.08. The quantitative estimate of drug-likeness (QED) is 0.456. The second-order valence-corrected chi connectivity index (χ2v) is 6.30. The van der Waals surface area contributed by atoms with Gasteiger partial charge in [0, 0.05) is 5.56 Å². The standard InChI is InChI=1S/C21H20N2O5/c1-13-7-8-14(2)18(11-13)28-10-9-27-17-6-4-3-5-15(17)12-16-19(24)22-21(26)23-20(16)25/h3-8,11-12H,9-10H2,1-2H3,(H2,22,23,24,25,26). The van der Waals surface area contributed by atoms with Crippen molar-refractivity contribution < 1.29 is 23.9 Å². The first-order chi connectivity index (χ1) is 13.4. The summed E-state index contributed by atoms with van der Waals surface area (Å²) in [4.78, 5) is 34.9. The number of carbonyl (C=O) groups is 3. The number of amides is 4. The minimum Gasteiger partial charge on any atom is -0.490 e. The van der Waals surface area contributed by atoms with Crippen molar-refractivity contribution in [1.29, 1.82) is 0 Å². The van der Waals surface area contributed by atoms with Crippen molar-refractivity contribution in [2.24, 2.45) is 0 Å². The number of para-hydroxylation sites is 1. The van der Waals surface area contributed by atoms with E-state index in [1.165, 1.54) is 6.08 Å². The highest BCUT2D eigenvalue weighted by Crippen LogP contribution is 2.22. The Bertz CT molecular complexity index is 943. The van der Waals surface area contributed by atoms with Crippen LogP contribution in [0.2, 0.25) is 0 Å². The van der Waals surface area contributed by atoms with E-state index in [0.717, 1.165) is 16.9 Å². The molecule has 144 valence electrons. The molecule has 0 aliphatic carbocycles. The summed E-state index contributed by atoms with van der Waals surface area (Å²) >= 11 is 0. The minimum absolute atomic E-state index is 0.165. The Kier molecular flexibility index (Phi) is 5.74. The van der Waals surface area contributed by atoms with E-state index in [1.807, 2.05) is 42.7 Å². The lowest BCUT2D eigenvalue weighted by Gasteiger charge is -2.15. The van der Waals surface area contributed by atoms with Crippen LogP contribution in [0.4, 0.5) is 4.79 Å². The van der Waals surface area contributed by atoms with Gasteiger partial charge in [-0.3, -0.25) is 20.2 Å². The fourth-order valence-corrected chi connectivity index (χ4v) is 2.66. The van der Waals surface area contributed by atoms with Gasteiger partial charge in [0.05, 0.1) is 0 Å². The number of benzene rings is 2. The molecule has 3 rings (SSSR count). The molecule has 1 fully saturated rings. The van der Waals surface area contributed by atoms with E-state index in [2.05, 4.69) is 0 Å². The first-order valence-corrected chi connectivity index (χ1v) is 8.74. The van der Waals surface area contributed by atoms with E-state index in [1.54, 1.807) is 24.3 Å². The van der Waals surface area contributed by atoms with Crippen molar-refractivity contribution in [3.05, 3.63) is 64.7 Å². The van der Waals surface area contributed by atoms with Crippen LogP contribution in [0, 0.1) is 13.8 Å². The van der Waals surface area contributed by atoms with Crippen LogP contribution in [0.25, 0.3) is 6.08 Å². The molecule has 0 unspecified atom stereocenters. The molecule has 4 amide bonds. The third-order valence-electron chi connectivity index (χ3n) is 4.10. The number of imide groups is 2. The lowest BCUT2D eigenvalue weighted by atomic mass is 10.1. The monoisotopic (exact) mass is 380 g/mol. The molecule has 7 heteroatoms. The highest BCUT2D eigenvalue weighted by molar-refractivity contribution is 6.31. The predicted molar refractivity (Wildman–Crippen MR) is 103 cm³/mol. The predicted octanol–water partition coefficient (Wildman–Crippen LogP) is 2.51. The fourth-order valence-electron chi connectivity index (χ4n) is 2.66. The van der Waals surface area contributed by atoms with Gasteiger partial charge in [0.2, 0.25) is 0 Å². The minimum atomic E-state index is -0.833. The summed E-state index contributed by atoms with van der Waals surface area (Å²) in [6, 6.07) is 12.1. The summed E-state index contributed by atoms with van der Waals surface area (Å²) in [5.41, 5.74) is 2.53. The van der Waals surface area contributed by atoms with E-state index in [0.29, 0.717) is 17.9 Å². The number of carbonyl (C=O) groups excluding carboxylic acids is 3. The average Bonchev–Trinajstić information content (AvgIpc) is 2.65. The number of ether oxygens (including phenoxy) is 2. The van der Waals surface area contributed by atoms with Crippen molar-refractivity contribution >= 4 is 23.9 Å². The maximum Gasteiger partial charge on any atom is 0.328 e. The second kappa shape index (κ2) is 8.39. The van der Waals surface area contributed by atoms with Crippen molar-refractivity contribution in [1.82, 2.24) is 10.6 Å². The van der Waals surface area contributed by atoms with Gasteiger partial charge >= 0.3 is 6.03 Å². The molecule has 1 aliphatic heterocycles. The van der Waals surface area contributed by atoms with Gasteiger partial charge in [0.1, 0.15) is 30.3 Å². The van der Waals surface area contributed by atoms with E-state index in [9.17, 15) is 14.4 Å². The number of barbiturate groups is 1. The summed E-state index contributed by atoms with van der Waals surface area (Å²) < 4.78 is 11.5. The summed E-state index contributed by atoms with van der Waals surface area (Å²) in [6.45, 7) is 4.59. The Morgan fingerprint density at radius 2 is 1.50 bits per heavy atom. The third kappa shape index (κ3) is 4.56. The number of urea groups is 1. The van der Waals surface area contributed by atoms with Gasteiger partial charge in [-0.2, -0.15) is 0 Å². The van der Waals surface area contributed by atoms with Gasteiger partial charge < -0.3 is 9.47 Å². The molecule has 2 N–H and O–H groups in total. The molecule has 0 saturated carbocycles. The van der Waals surface area contributed by atoms with Crippen molar-refractivity contribution in [3.8, 4) is 11.5 Å². The Morgan fingerprint density at radius 3 is 2.21 bits per heavy atom. The number of nitrogens with one attached hydrogen (secondary N) is 2. The van der Waals surface area contributed by atoms with Gasteiger partial charge in [0.15, 0.2) is 0 Å². The highest BCUT2D eigenvalue weighted by atomic mass is 16.5. The number of aryl methyl sites for hydroxylation is 2. The van der Waals surface area contributed by atoms with Gasteiger partial charge in [0.25, 0.3) is 11.8 Å². The van der Waals surface area contributed by atoms with Crippen LogP contribution in [0.3, 0.4) is 0 Å². The lowest BCUT2D eigenvalue weighted by molar-refractivity contribution is -0.123. The topological polar surface area (TPSA) is 93.7 Å². The lowest BCUT2D eigenvalue weighted by Crippen LogP contribution is -2.51. The molecule has 28 heavy (non-hydrogen) atoms. The Hall–Kier alpha value is -3.61. The van der Waals surface area contributed by atoms with Crippen molar-refractivity contribution in [2.45, 2.75) is 13.8 Å². The molecule has 0 bridgehead atoms. The largest absolute Gasteiger partial charge is 0.490 e. The highest BCUT2D eigenvalue weighted by Gasteiger charge is 2.27. The molecule has 1 heterocycles. The van der Waals surface area contributed by atoms with Crippen LogP contribution < -0.4 is 20.1 Å². The molecule has 7 nitrogen and oxygen atoms in total. The van der Waals surface area contributed by atoms with Crippen LogP contribution in [-0.2, 0) is 9.59 Å². The van der Waals surface area contributed by atoms with E-state index in [4.69, 9.17) is 9.47 Å². The molecule has 1 aliphatic rings. The summed E-state index contributed by atoms with van der Waals surface area (Å²) in [6.07, 6.45) is 1.39. The Balaban J connectivity index is 1.67. The fraction of sp³-hybridized carbons (Fsp3) is 0.190. The van der Waals surface area contributed by atoms with Crippen LogP contribution in [0.5, 0.6) is 11.5 Å². The van der Waals surface area contributed by atoms with Crippen LogP contribution >= 0.6 is 0 Å². The molecule has 2 aromatic rings. The first-order valence-electron chi connectivity index (χ1n) is 8.74. The normalized spacial score (nSPS) is 13.6. The maximum absolute atomic E-state index is 11.9. The molecule has 0 atom stereocenters. The molecule has 0 spiro atoms. The molecule has 0 radical (unpaired) electrons. The number of hydrogen-bond donors (Lipinski definition) is 2. The van der Waals surface area contributed by atoms with Gasteiger partial charge in [-0.15, -0.1) is 0 Å². The number of rotatable bonds is 6. The molecular weight excluding hydrogens is 360 g/mol. The number of hydrogen-bond acceptors (Lipinski definition) is 5. The molecular formula is C21H20N2O5. The smallest absolute Gasteiger partial charge is 0.328 e. The first kappa shape index (κ1) is 19.2. The van der Waals surface area contributed by atoms with Gasteiger partial charge in [-0.05, 0) is 43.2 Å². The zero-order valence-corrected chi connectivity index (χ0v) is 15.6. The van der Waals surface area contributed by atoms with Crippen LogP contribution in [0.15, 0.2) is 48.0 Å². The zero-order valence-electron chi connectivity index (χ0n) is 15.6. The summed E-state index contributed by atoms with van der Waals surface area (Å²) in [5.74, 6) is -0.195. The van der Waals surface area contributed by atoms with Gasteiger partial charge in [-0.1, -0.05) is 30.3 Å². The van der Waals surface area contributed by atoms with Gasteiger partial charge in [-0.25, -0.2) is 4.79 Å². The Labute approximate surface area is 162 Å². The molecule has 0 aromatic heterocycles. The zero-order chi connectivity index (χ0) is 20.1. The van der Waals surface area contributed by atoms with Crippen LogP contribution in [0.1, 0.15) is 16.7 Å². The molecule has 1 saturated heterocycles. The average molecular weight is 380 g/mol. The van der Waals surface area contributed by atoms with E-state index >= 15 is 0 Å². The third-order valence-corrected chi connectivity index (χ3v) is 4.10. The SMILES string of the molecule is Cc1ccc(C)c(OCCOc2ccccc2C=C2C(=O)NC(=O)NC2=O)c1. The Morgan fingerprint density at radius 1 is 0.857 bits per heavy atom. The van der Waals surface area contributed by atoms with E-state index in [-0.39, 0.29) is 12.2 Å². The van der Waals surface area contributed by atoms with Crippen molar-refractivity contribution in [3.63, 3.8) is 0 Å². The second-order valence-electron chi connectivity index (χ2n) is 6.30. The maximum atomic E-state index is 11.9. The van der Waals surface area contributed by atoms with Crippen molar-refractivity contribution in [2.75, 3.05) is 13.2 Å². The summed E-state index contributed by atoms with van der Waals surface area (Å²) in [7, 11) is 0. The van der Waals surface area contributed by atoms with Crippen LogP contribution in [-0.4, -0.2) is 31.1 Å². The van der Waals surface area contributed by atoms with E-state index < -0.39 is 17.8 Å².